The van der Waals surface area contributed by atoms with Gasteiger partial charge in [-0.05, 0) is 0 Å². The Kier molecular flexibility index (Phi) is 2.04. The van der Waals surface area contributed by atoms with Gasteiger partial charge in [0.2, 0.25) is 0 Å². The van der Waals surface area contributed by atoms with Crippen molar-refractivity contribution in [3.8, 4) is 0 Å². The summed E-state index contributed by atoms with van der Waals surface area (Å²) >= 11 is 0. The van der Waals surface area contributed by atoms with E-state index < -0.39 is 23.8 Å². The first kappa shape index (κ1) is 8.18. The third-order valence-electron chi connectivity index (χ3n) is 1.03. The highest BCUT2D eigenvalue weighted by Gasteiger charge is 2.03. The molecule has 0 aromatic carbocycles. The minimum atomic E-state index is -1.16. The number of aromatic amines is 2. The van der Waals surface area contributed by atoms with Crippen molar-refractivity contribution >= 4 is 5.97 Å². The molecule has 0 amide bonds. The molecule has 0 aliphatic rings. The van der Waals surface area contributed by atoms with Gasteiger partial charge in [0, 0.05) is 0 Å². The van der Waals surface area contributed by atoms with Crippen LogP contribution in [0.1, 0.15) is 5.82 Å². The molecule has 1 aromatic heterocycles. The second kappa shape index (κ2) is 2.99. The van der Waals surface area contributed by atoms with Crippen molar-refractivity contribution in [2.45, 2.75) is 6.42 Å². The van der Waals surface area contributed by atoms with E-state index in [1.807, 2.05) is 4.98 Å². The molecule has 0 saturated carbocycles. The largest absolute Gasteiger partial charge is 0.481 e. The fourth-order valence-electron chi connectivity index (χ4n) is 0.665. The lowest BCUT2D eigenvalue weighted by atomic mass is 10.4. The van der Waals surface area contributed by atoms with Gasteiger partial charge in [-0.3, -0.25) is 14.8 Å². The first-order chi connectivity index (χ1) is 5.58. The van der Waals surface area contributed by atoms with Crippen LogP contribution in [0.2, 0.25) is 0 Å². The summed E-state index contributed by atoms with van der Waals surface area (Å²) in [6.45, 7) is 0. The summed E-state index contributed by atoms with van der Waals surface area (Å²) < 4.78 is 0. The Morgan fingerprint density at radius 1 is 1.42 bits per heavy atom. The second-order valence-corrected chi connectivity index (χ2v) is 2.01. The van der Waals surface area contributed by atoms with Gasteiger partial charge in [-0.15, -0.1) is 0 Å². The van der Waals surface area contributed by atoms with E-state index in [4.69, 9.17) is 5.11 Å². The zero-order chi connectivity index (χ0) is 9.14. The fourth-order valence-corrected chi connectivity index (χ4v) is 0.665. The number of carboxylic acid groups (broad SMARTS) is 1. The van der Waals surface area contributed by atoms with Crippen LogP contribution in [0.4, 0.5) is 0 Å². The highest BCUT2D eigenvalue weighted by molar-refractivity contribution is 5.68. The molecule has 1 rings (SSSR count). The van der Waals surface area contributed by atoms with Crippen LogP contribution in [0.5, 0.6) is 0 Å². The van der Waals surface area contributed by atoms with Crippen molar-refractivity contribution in [3.63, 3.8) is 0 Å². The van der Waals surface area contributed by atoms with Gasteiger partial charge < -0.3 is 5.11 Å². The van der Waals surface area contributed by atoms with E-state index >= 15 is 0 Å². The van der Waals surface area contributed by atoms with Gasteiger partial charge in [0.15, 0.2) is 0 Å². The minimum absolute atomic E-state index is 0.156. The SMILES string of the molecule is O=C(O)Cc1nc(=O)[nH]c(=O)[nH]1. The van der Waals surface area contributed by atoms with E-state index in [0.29, 0.717) is 0 Å². The number of rotatable bonds is 2. The maximum absolute atomic E-state index is 10.5. The van der Waals surface area contributed by atoms with Crippen molar-refractivity contribution in [2.75, 3.05) is 0 Å². The van der Waals surface area contributed by atoms with E-state index in [0.717, 1.165) is 0 Å². The first-order valence-electron chi connectivity index (χ1n) is 2.99. The molecule has 1 heterocycles. The van der Waals surface area contributed by atoms with Crippen LogP contribution in [0.25, 0.3) is 0 Å². The summed E-state index contributed by atoms with van der Waals surface area (Å²) in [6, 6.07) is 0. The average Bonchev–Trinajstić information content (AvgIpc) is 1.81. The van der Waals surface area contributed by atoms with Gasteiger partial charge in [-0.2, -0.15) is 4.98 Å². The monoisotopic (exact) mass is 171 g/mol. The van der Waals surface area contributed by atoms with Crippen molar-refractivity contribution < 1.29 is 9.90 Å². The molecule has 0 bridgehead atoms. The molecule has 64 valence electrons. The van der Waals surface area contributed by atoms with Crippen LogP contribution in [0.15, 0.2) is 9.59 Å². The minimum Gasteiger partial charge on any atom is -0.481 e. The molecule has 0 spiro atoms. The number of hydrogen-bond donors (Lipinski definition) is 3. The zero-order valence-corrected chi connectivity index (χ0v) is 5.83. The molecule has 0 unspecified atom stereocenters. The van der Waals surface area contributed by atoms with Crippen LogP contribution < -0.4 is 11.4 Å². The molecular formula is C5H5N3O4. The fraction of sp³-hybridized carbons (Fsp3) is 0.200. The Bertz CT molecular complexity index is 375. The van der Waals surface area contributed by atoms with Gasteiger partial charge in [0.25, 0.3) is 0 Å². The molecule has 7 heteroatoms. The van der Waals surface area contributed by atoms with Crippen molar-refractivity contribution in [1.29, 1.82) is 0 Å². The summed E-state index contributed by atoms with van der Waals surface area (Å²) in [6.07, 6.45) is -0.473. The highest BCUT2D eigenvalue weighted by atomic mass is 16.4. The smallest absolute Gasteiger partial charge is 0.350 e. The lowest BCUT2D eigenvalue weighted by molar-refractivity contribution is -0.136. The van der Waals surface area contributed by atoms with Crippen LogP contribution >= 0.6 is 0 Å². The van der Waals surface area contributed by atoms with Gasteiger partial charge in [-0.25, -0.2) is 9.59 Å². The van der Waals surface area contributed by atoms with Crippen LogP contribution in [-0.4, -0.2) is 26.0 Å². The Hall–Kier alpha value is -1.92. The number of carbonyl (C=O) groups is 1. The Morgan fingerprint density at radius 2 is 2.08 bits per heavy atom. The molecule has 0 saturated heterocycles. The summed E-state index contributed by atoms with van der Waals surface area (Å²) in [5, 5.41) is 8.27. The topological polar surface area (TPSA) is 116 Å². The molecule has 0 radical (unpaired) electrons. The van der Waals surface area contributed by atoms with Crippen molar-refractivity contribution in [2.24, 2.45) is 0 Å². The number of H-pyrrole nitrogens is 2. The quantitative estimate of drug-likeness (QED) is 0.479. The Balaban J connectivity index is 3.09. The third-order valence-corrected chi connectivity index (χ3v) is 1.03. The van der Waals surface area contributed by atoms with Gasteiger partial charge in [0.05, 0.1) is 0 Å². The maximum atomic E-state index is 10.5. The molecule has 12 heavy (non-hydrogen) atoms. The lowest BCUT2D eigenvalue weighted by Crippen LogP contribution is -2.27. The van der Waals surface area contributed by atoms with Gasteiger partial charge in [0.1, 0.15) is 12.2 Å². The second-order valence-electron chi connectivity index (χ2n) is 2.01. The van der Waals surface area contributed by atoms with E-state index in [1.165, 1.54) is 0 Å². The number of carboxylic acids is 1. The maximum Gasteiger partial charge on any atom is 0.350 e. The van der Waals surface area contributed by atoms with Gasteiger partial charge in [-0.1, -0.05) is 0 Å². The number of aromatic nitrogens is 3. The molecule has 0 fully saturated rings. The van der Waals surface area contributed by atoms with E-state index in [-0.39, 0.29) is 5.82 Å². The number of nitrogens with one attached hydrogen (secondary N) is 2. The van der Waals surface area contributed by atoms with Crippen molar-refractivity contribution in [1.82, 2.24) is 15.0 Å². The summed E-state index contributed by atoms with van der Waals surface area (Å²) in [4.78, 5) is 38.3. The predicted octanol–water partition coefficient (Wildman–Crippen LogP) is -1.91. The predicted molar refractivity (Wildman–Crippen MR) is 36.8 cm³/mol. The summed E-state index contributed by atoms with van der Waals surface area (Å²) in [5.74, 6) is -1.32. The van der Waals surface area contributed by atoms with E-state index in [9.17, 15) is 14.4 Å². The standard InChI is InChI=1S/C5H5N3O4/c9-3(10)1-2-6-4(11)8-5(12)7-2/h1H2,(H,9,10)(H2,6,7,8,11,12). The third kappa shape index (κ3) is 2.04. The Labute approximate surface area is 65.1 Å². The molecule has 1 aromatic rings. The molecular weight excluding hydrogens is 166 g/mol. The molecule has 0 aliphatic carbocycles. The number of nitrogens with zero attached hydrogens (tertiary/aromatic N) is 1. The number of aliphatic carboxylic acids is 1. The average molecular weight is 171 g/mol. The van der Waals surface area contributed by atoms with Crippen LogP contribution in [0.3, 0.4) is 0 Å². The summed E-state index contributed by atoms with van der Waals surface area (Å²) in [7, 11) is 0. The molecule has 0 aliphatic heterocycles. The summed E-state index contributed by atoms with van der Waals surface area (Å²) in [5.41, 5.74) is -1.61. The zero-order valence-electron chi connectivity index (χ0n) is 5.83. The lowest BCUT2D eigenvalue weighted by Gasteiger charge is -1.91. The molecule has 0 atom stereocenters. The molecule has 7 nitrogen and oxygen atoms in total. The molecule has 3 N–H and O–H groups in total. The van der Waals surface area contributed by atoms with Gasteiger partial charge >= 0.3 is 17.3 Å². The van der Waals surface area contributed by atoms with Crippen LogP contribution in [0, 0.1) is 0 Å². The first-order valence-corrected chi connectivity index (χ1v) is 2.99. The van der Waals surface area contributed by atoms with E-state index in [2.05, 4.69) is 9.97 Å². The number of hydrogen-bond acceptors (Lipinski definition) is 4. The van der Waals surface area contributed by atoms with E-state index in [1.54, 1.807) is 0 Å². The van der Waals surface area contributed by atoms with Crippen molar-refractivity contribution in [3.05, 3.63) is 26.8 Å². The highest BCUT2D eigenvalue weighted by Crippen LogP contribution is 1.81. The van der Waals surface area contributed by atoms with Crippen LogP contribution in [-0.2, 0) is 11.2 Å². The normalized spacial score (nSPS) is 9.67. The Morgan fingerprint density at radius 3 is 2.58 bits per heavy atom.